The number of benzene rings is 2. The highest BCUT2D eigenvalue weighted by Gasteiger charge is 2.35. The summed E-state index contributed by atoms with van der Waals surface area (Å²) < 4.78 is 14.2. The first kappa shape index (κ1) is 24.2. The van der Waals surface area contributed by atoms with Crippen LogP contribution in [0, 0.1) is 12.7 Å². The topological polar surface area (TPSA) is 90.0 Å². The van der Waals surface area contributed by atoms with E-state index in [1.807, 2.05) is 19.1 Å². The molecule has 176 valence electrons. The van der Waals surface area contributed by atoms with Crippen molar-refractivity contribution in [3.05, 3.63) is 65.5 Å². The maximum Gasteiger partial charge on any atom is 0.407 e. The van der Waals surface area contributed by atoms with Crippen LogP contribution in [0.25, 0.3) is 0 Å². The summed E-state index contributed by atoms with van der Waals surface area (Å²) in [6, 6.07) is 11.6. The quantitative estimate of drug-likeness (QED) is 0.653. The Morgan fingerprint density at radius 2 is 1.79 bits per heavy atom. The first-order valence-corrected chi connectivity index (χ1v) is 11.2. The first-order chi connectivity index (χ1) is 15.8. The van der Waals surface area contributed by atoms with E-state index < -0.39 is 30.4 Å². The van der Waals surface area contributed by atoms with Gasteiger partial charge in [0.25, 0.3) is 0 Å². The third kappa shape index (κ3) is 6.09. The van der Waals surface area contributed by atoms with E-state index in [9.17, 15) is 23.9 Å². The zero-order valence-electron chi connectivity index (χ0n) is 19.0. The van der Waals surface area contributed by atoms with Gasteiger partial charge in [-0.2, -0.15) is 0 Å². The van der Waals surface area contributed by atoms with Crippen LogP contribution in [0.15, 0.2) is 48.5 Å². The summed E-state index contributed by atoms with van der Waals surface area (Å²) in [5.74, 6) is -1.56. The molecule has 2 aromatic carbocycles. The van der Waals surface area contributed by atoms with Crippen molar-refractivity contribution >= 4 is 23.6 Å². The lowest BCUT2D eigenvalue weighted by Crippen LogP contribution is -2.50. The minimum Gasteiger partial charge on any atom is -0.465 e. The number of nitrogens with zero attached hydrogens (tertiary/aromatic N) is 2. The molecule has 0 aliphatic heterocycles. The predicted molar refractivity (Wildman–Crippen MR) is 123 cm³/mol. The Kier molecular flexibility index (Phi) is 8.03. The van der Waals surface area contributed by atoms with Gasteiger partial charge in [-0.15, -0.1) is 0 Å². The van der Waals surface area contributed by atoms with Gasteiger partial charge in [-0.25, -0.2) is 9.18 Å². The molecule has 0 heterocycles. The third-order valence-corrected chi connectivity index (χ3v) is 6.00. The Hall–Kier alpha value is -3.42. The molecule has 0 bridgehead atoms. The van der Waals surface area contributed by atoms with E-state index in [0.717, 1.165) is 42.6 Å². The number of carbonyl (C=O) groups is 3. The molecule has 3 amide bonds. The highest BCUT2D eigenvalue weighted by Crippen LogP contribution is 2.31. The summed E-state index contributed by atoms with van der Waals surface area (Å²) in [4.78, 5) is 40.5. The van der Waals surface area contributed by atoms with Gasteiger partial charge in [-0.3, -0.25) is 14.5 Å². The second kappa shape index (κ2) is 10.9. The van der Waals surface area contributed by atoms with Crippen LogP contribution in [0.3, 0.4) is 0 Å². The van der Waals surface area contributed by atoms with E-state index in [-0.39, 0.29) is 17.6 Å². The van der Waals surface area contributed by atoms with Crippen LogP contribution in [-0.4, -0.2) is 47.5 Å². The standard InChI is InChI=1S/C25H30FN3O4/c1-17-9-6-7-14-21(17)23(24(31)27-19-11-4-3-5-12-19)29(20-13-8-10-18(26)15-20)22(30)16-28(2)25(32)33/h6-10,13-15,19,23H,3-5,11-12,16H2,1-2H3,(H,27,31)(H,32,33). The average molecular weight is 456 g/mol. The second-order valence-corrected chi connectivity index (χ2v) is 8.48. The van der Waals surface area contributed by atoms with E-state index in [2.05, 4.69) is 5.32 Å². The number of carbonyl (C=O) groups excluding carboxylic acids is 2. The summed E-state index contributed by atoms with van der Waals surface area (Å²) in [6.45, 7) is 1.36. The fourth-order valence-corrected chi connectivity index (χ4v) is 4.23. The zero-order chi connectivity index (χ0) is 24.0. The van der Waals surface area contributed by atoms with Gasteiger partial charge >= 0.3 is 6.09 Å². The number of likely N-dealkylation sites (N-methyl/N-ethyl adjacent to an activating group) is 1. The SMILES string of the molecule is Cc1ccccc1C(C(=O)NC1CCCCC1)N(C(=O)CN(C)C(=O)O)c1cccc(F)c1. The van der Waals surface area contributed by atoms with E-state index >= 15 is 0 Å². The Morgan fingerprint density at radius 1 is 1.09 bits per heavy atom. The van der Waals surface area contributed by atoms with Gasteiger partial charge in [-0.1, -0.05) is 49.6 Å². The molecular formula is C25H30FN3O4. The summed E-state index contributed by atoms with van der Waals surface area (Å²) >= 11 is 0. The summed E-state index contributed by atoms with van der Waals surface area (Å²) in [5, 5.41) is 12.4. The van der Waals surface area contributed by atoms with Crippen molar-refractivity contribution in [2.24, 2.45) is 0 Å². The van der Waals surface area contributed by atoms with Gasteiger partial charge in [0.05, 0.1) is 0 Å². The lowest BCUT2D eigenvalue weighted by atomic mass is 9.93. The maximum atomic E-state index is 14.2. The minimum atomic E-state index is -1.28. The summed E-state index contributed by atoms with van der Waals surface area (Å²) in [5.41, 5.74) is 1.58. The van der Waals surface area contributed by atoms with Crippen LogP contribution in [0.2, 0.25) is 0 Å². The molecule has 2 aromatic rings. The normalized spacial score (nSPS) is 14.9. The molecule has 1 aliphatic rings. The fraction of sp³-hybridized carbons (Fsp3) is 0.400. The van der Waals surface area contributed by atoms with Crippen molar-refractivity contribution in [2.45, 2.75) is 51.1 Å². The molecule has 3 rings (SSSR count). The Labute approximate surface area is 193 Å². The molecule has 1 saturated carbocycles. The molecule has 1 aliphatic carbocycles. The highest BCUT2D eigenvalue weighted by atomic mass is 19.1. The molecule has 0 saturated heterocycles. The predicted octanol–water partition coefficient (Wildman–Crippen LogP) is 4.27. The van der Waals surface area contributed by atoms with Crippen LogP contribution in [0.4, 0.5) is 14.9 Å². The van der Waals surface area contributed by atoms with Crippen molar-refractivity contribution in [1.82, 2.24) is 10.2 Å². The summed E-state index contributed by atoms with van der Waals surface area (Å²) in [7, 11) is 1.27. The number of carboxylic acid groups (broad SMARTS) is 1. The van der Waals surface area contributed by atoms with Crippen LogP contribution in [0.1, 0.15) is 49.3 Å². The van der Waals surface area contributed by atoms with Gasteiger partial charge in [0.15, 0.2) is 0 Å². The lowest BCUT2D eigenvalue weighted by Gasteiger charge is -2.34. The number of anilines is 1. The molecule has 0 spiro atoms. The molecule has 0 radical (unpaired) electrons. The van der Waals surface area contributed by atoms with Crippen molar-refractivity contribution in [2.75, 3.05) is 18.5 Å². The maximum absolute atomic E-state index is 14.2. The third-order valence-electron chi connectivity index (χ3n) is 6.00. The number of halogens is 1. The fourth-order valence-electron chi connectivity index (χ4n) is 4.23. The van der Waals surface area contributed by atoms with Crippen molar-refractivity contribution in [3.63, 3.8) is 0 Å². The summed E-state index contributed by atoms with van der Waals surface area (Å²) in [6.07, 6.45) is 3.63. The Bertz CT molecular complexity index is 1010. The number of aryl methyl sites for hydroxylation is 1. The van der Waals surface area contributed by atoms with Crippen LogP contribution < -0.4 is 10.2 Å². The molecule has 8 heteroatoms. The van der Waals surface area contributed by atoms with Crippen LogP contribution in [-0.2, 0) is 9.59 Å². The largest absolute Gasteiger partial charge is 0.465 e. The van der Waals surface area contributed by atoms with Gasteiger partial charge in [0.2, 0.25) is 11.8 Å². The number of rotatable bonds is 7. The average Bonchev–Trinajstić information content (AvgIpc) is 2.78. The molecular weight excluding hydrogens is 425 g/mol. The number of hydrogen-bond acceptors (Lipinski definition) is 3. The van der Waals surface area contributed by atoms with E-state index in [4.69, 9.17) is 0 Å². The Balaban J connectivity index is 2.07. The van der Waals surface area contributed by atoms with Gasteiger partial charge in [0, 0.05) is 18.8 Å². The lowest BCUT2D eigenvalue weighted by molar-refractivity contribution is -0.127. The molecule has 2 N–H and O–H groups in total. The van der Waals surface area contributed by atoms with Gasteiger partial charge in [-0.05, 0) is 49.1 Å². The highest BCUT2D eigenvalue weighted by molar-refractivity contribution is 6.03. The first-order valence-electron chi connectivity index (χ1n) is 11.2. The molecule has 1 atom stereocenters. The Morgan fingerprint density at radius 3 is 2.42 bits per heavy atom. The molecule has 1 unspecified atom stereocenters. The number of hydrogen-bond donors (Lipinski definition) is 2. The molecule has 33 heavy (non-hydrogen) atoms. The molecule has 0 aromatic heterocycles. The van der Waals surface area contributed by atoms with Crippen LogP contribution >= 0.6 is 0 Å². The monoisotopic (exact) mass is 455 g/mol. The number of amides is 3. The zero-order valence-corrected chi connectivity index (χ0v) is 19.0. The minimum absolute atomic E-state index is 0.00363. The van der Waals surface area contributed by atoms with Crippen LogP contribution in [0.5, 0.6) is 0 Å². The smallest absolute Gasteiger partial charge is 0.407 e. The van der Waals surface area contributed by atoms with E-state index in [1.54, 1.807) is 18.2 Å². The van der Waals surface area contributed by atoms with Gasteiger partial charge in [0.1, 0.15) is 18.4 Å². The van der Waals surface area contributed by atoms with Crippen molar-refractivity contribution < 1.29 is 23.9 Å². The molecule has 7 nitrogen and oxygen atoms in total. The molecule has 1 fully saturated rings. The van der Waals surface area contributed by atoms with Gasteiger partial charge < -0.3 is 15.3 Å². The second-order valence-electron chi connectivity index (χ2n) is 8.48. The van der Waals surface area contributed by atoms with E-state index in [0.29, 0.717) is 5.56 Å². The van der Waals surface area contributed by atoms with Crippen molar-refractivity contribution in [1.29, 1.82) is 0 Å². The van der Waals surface area contributed by atoms with E-state index in [1.165, 1.54) is 30.1 Å². The number of nitrogens with one attached hydrogen (secondary N) is 1. The van der Waals surface area contributed by atoms with Crippen molar-refractivity contribution in [3.8, 4) is 0 Å².